The first-order valence-corrected chi connectivity index (χ1v) is 11.9. The first-order chi connectivity index (χ1) is 17.0. The molecule has 1 fully saturated rings. The number of fused-ring (bicyclic) bond motifs is 1. The van der Waals surface area contributed by atoms with Crippen molar-refractivity contribution < 1.29 is 24.2 Å². The summed E-state index contributed by atoms with van der Waals surface area (Å²) in [5.41, 5.74) is 2.57. The number of aliphatic carboxylic acids is 1. The predicted octanol–water partition coefficient (Wildman–Crippen LogP) is 3.39. The molecule has 9 nitrogen and oxygen atoms in total. The molecule has 1 aliphatic carbocycles. The van der Waals surface area contributed by atoms with Crippen molar-refractivity contribution in [2.45, 2.75) is 50.5 Å². The number of amides is 1. The van der Waals surface area contributed by atoms with Gasteiger partial charge in [0.05, 0.1) is 12.8 Å². The zero-order chi connectivity index (χ0) is 24.8. The molecule has 3 aromatic rings. The van der Waals surface area contributed by atoms with Crippen LogP contribution in [-0.4, -0.2) is 52.0 Å². The number of benzene rings is 1. The smallest absolute Gasteiger partial charge is 0.326 e. The van der Waals surface area contributed by atoms with Crippen LogP contribution in [0.5, 0.6) is 0 Å². The molecule has 1 amide bonds. The van der Waals surface area contributed by atoms with E-state index in [0.29, 0.717) is 11.2 Å². The van der Waals surface area contributed by atoms with E-state index in [9.17, 15) is 19.5 Å². The molecule has 35 heavy (non-hydrogen) atoms. The Balaban J connectivity index is 1.59. The summed E-state index contributed by atoms with van der Waals surface area (Å²) >= 11 is 0. The molecule has 4 rings (SSSR count). The van der Waals surface area contributed by atoms with Crippen molar-refractivity contribution in [2.24, 2.45) is 0 Å². The van der Waals surface area contributed by atoms with E-state index < -0.39 is 17.9 Å². The molecule has 9 heteroatoms. The molecule has 0 spiro atoms. The average molecular weight is 479 g/mol. The molecule has 184 valence electrons. The van der Waals surface area contributed by atoms with Gasteiger partial charge in [-0.05, 0) is 30.5 Å². The maximum Gasteiger partial charge on any atom is 0.326 e. The molecule has 2 aromatic heterocycles. The van der Waals surface area contributed by atoms with E-state index in [2.05, 4.69) is 10.6 Å². The fourth-order valence-electron chi connectivity index (χ4n) is 4.56. The van der Waals surface area contributed by atoms with Gasteiger partial charge in [0.15, 0.2) is 0 Å². The van der Waals surface area contributed by atoms with E-state index in [4.69, 9.17) is 9.72 Å². The average Bonchev–Trinajstić information content (AvgIpc) is 3.25. The molecule has 1 aromatic carbocycles. The molecule has 0 saturated heterocycles. The SMILES string of the molecule is COC(=O)CNc1c(C2CCCCC2)nc2cc(C(=O)NC(Cc3ccccc3)C(=O)O)ccn12. The highest BCUT2D eigenvalue weighted by Crippen LogP contribution is 2.36. The standard InChI is InChI=1S/C26H30N4O5/c1-35-22(31)16-27-24-23(18-10-6-3-7-11-18)29-21-15-19(12-13-30(21)24)25(32)28-20(26(33)34)14-17-8-4-2-5-9-17/h2,4-5,8-9,12-13,15,18,20,27H,3,6-7,10-11,14,16H2,1H3,(H,28,32)(H,33,34). The normalized spacial score (nSPS) is 14.9. The Morgan fingerprint density at radius 2 is 1.89 bits per heavy atom. The molecular formula is C26H30N4O5. The quantitative estimate of drug-likeness (QED) is 0.403. The number of nitrogens with one attached hydrogen (secondary N) is 2. The van der Waals surface area contributed by atoms with Crippen molar-refractivity contribution >= 4 is 29.3 Å². The largest absolute Gasteiger partial charge is 0.480 e. The van der Waals surface area contributed by atoms with Gasteiger partial charge in [0.2, 0.25) is 0 Å². The first kappa shape index (κ1) is 24.3. The third-order valence-corrected chi connectivity index (χ3v) is 6.42. The number of carboxylic acids is 1. The van der Waals surface area contributed by atoms with Crippen molar-refractivity contribution in [2.75, 3.05) is 19.0 Å². The second-order valence-corrected chi connectivity index (χ2v) is 8.81. The summed E-state index contributed by atoms with van der Waals surface area (Å²) in [5.74, 6) is -0.983. The molecule has 3 N–H and O–H groups in total. The van der Waals surface area contributed by atoms with Gasteiger partial charge in [-0.1, -0.05) is 49.6 Å². The number of carboxylic acid groups (broad SMARTS) is 1. The molecule has 1 atom stereocenters. The van der Waals surface area contributed by atoms with Gasteiger partial charge in [-0.3, -0.25) is 14.0 Å². The van der Waals surface area contributed by atoms with Crippen LogP contribution in [0.15, 0.2) is 48.7 Å². The molecule has 1 unspecified atom stereocenters. The van der Waals surface area contributed by atoms with E-state index in [1.807, 2.05) is 34.7 Å². The van der Waals surface area contributed by atoms with Crippen molar-refractivity contribution in [1.29, 1.82) is 0 Å². The molecule has 0 bridgehead atoms. The number of ether oxygens (including phenoxy) is 1. The van der Waals surface area contributed by atoms with Crippen LogP contribution in [0.3, 0.4) is 0 Å². The first-order valence-electron chi connectivity index (χ1n) is 11.9. The fourth-order valence-corrected chi connectivity index (χ4v) is 4.56. The van der Waals surface area contributed by atoms with Crippen molar-refractivity contribution in [3.8, 4) is 0 Å². The molecule has 2 heterocycles. The number of hydrogen-bond donors (Lipinski definition) is 3. The Kier molecular flexibility index (Phi) is 7.64. The van der Waals surface area contributed by atoms with E-state index >= 15 is 0 Å². The lowest BCUT2D eigenvalue weighted by molar-refractivity contribution is -0.139. The number of hydrogen-bond acceptors (Lipinski definition) is 6. The Bertz CT molecular complexity index is 1200. The lowest BCUT2D eigenvalue weighted by atomic mass is 9.87. The number of carbonyl (C=O) groups is 3. The number of methoxy groups -OCH3 is 1. The van der Waals surface area contributed by atoms with Crippen molar-refractivity contribution in [1.82, 2.24) is 14.7 Å². The van der Waals surface area contributed by atoms with Gasteiger partial charge in [0, 0.05) is 24.1 Å². The minimum atomic E-state index is -1.10. The number of imidazole rings is 1. The van der Waals surface area contributed by atoms with Crippen LogP contribution >= 0.6 is 0 Å². The molecule has 1 saturated carbocycles. The van der Waals surface area contributed by atoms with Crippen LogP contribution in [0, 0.1) is 0 Å². The van der Waals surface area contributed by atoms with Gasteiger partial charge in [0.25, 0.3) is 5.91 Å². The summed E-state index contributed by atoms with van der Waals surface area (Å²) < 4.78 is 6.59. The lowest BCUT2D eigenvalue weighted by Crippen LogP contribution is -2.42. The second kappa shape index (κ2) is 11.0. The minimum absolute atomic E-state index is 0.00598. The summed E-state index contributed by atoms with van der Waals surface area (Å²) in [6, 6.07) is 11.4. The van der Waals surface area contributed by atoms with Crippen LogP contribution in [0.1, 0.15) is 59.6 Å². The number of pyridine rings is 1. The van der Waals surface area contributed by atoms with Crippen LogP contribution in [0.4, 0.5) is 5.82 Å². The van der Waals surface area contributed by atoms with Gasteiger partial charge >= 0.3 is 11.9 Å². The zero-order valence-corrected chi connectivity index (χ0v) is 19.7. The van der Waals surface area contributed by atoms with Crippen LogP contribution in [-0.2, 0) is 20.7 Å². The minimum Gasteiger partial charge on any atom is -0.480 e. The molecule has 0 aliphatic heterocycles. The third-order valence-electron chi connectivity index (χ3n) is 6.42. The zero-order valence-electron chi connectivity index (χ0n) is 19.7. The topological polar surface area (TPSA) is 122 Å². The van der Waals surface area contributed by atoms with Gasteiger partial charge in [-0.15, -0.1) is 0 Å². The van der Waals surface area contributed by atoms with Crippen molar-refractivity contribution in [3.63, 3.8) is 0 Å². The Morgan fingerprint density at radius 1 is 1.14 bits per heavy atom. The van der Waals surface area contributed by atoms with Crippen molar-refractivity contribution in [3.05, 3.63) is 65.5 Å². The second-order valence-electron chi connectivity index (χ2n) is 8.81. The highest BCUT2D eigenvalue weighted by atomic mass is 16.5. The van der Waals surface area contributed by atoms with Gasteiger partial charge in [-0.2, -0.15) is 0 Å². The lowest BCUT2D eigenvalue weighted by Gasteiger charge is -2.21. The summed E-state index contributed by atoms with van der Waals surface area (Å²) in [4.78, 5) is 41.3. The monoisotopic (exact) mass is 478 g/mol. The Morgan fingerprint density at radius 3 is 2.57 bits per heavy atom. The maximum absolute atomic E-state index is 13.0. The number of carbonyl (C=O) groups excluding carboxylic acids is 2. The van der Waals surface area contributed by atoms with Gasteiger partial charge < -0.3 is 20.5 Å². The summed E-state index contributed by atoms with van der Waals surface area (Å²) in [6.07, 6.45) is 7.39. The van der Waals surface area contributed by atoms with E-state index in [1.165, 1.54) is 13.5 Å². The number of aromatic nitrogens is 2. The third kappa shape index (κ3) is 5.79. The summed E-state index contributed by atoms with van der Waals surface area (Å²) in [5, 5.41) is 15.4. The Labute approximate surface area is 203 Å². The molecule has 0 radical (unpaired) electrons. The summed E-state index contributed by atoms with van der Waals surface area (Å²) in [7, 11) is 1.34. The van der Waals surface area contributed by atoms with E-state index in [1.54, 1.807) is 18.3 Å². The summed E-state index contributed by atoms with van der Waals surface area (Å²) in [6.45, 7) is 0.00598. The number of esters is 1. The fraction of sp³-hybridized carbons (Fsp3) is 0.385. The van der Waals surface area contributed by atoms with Crippen LogP contribution in [0.25, 0.3) is 5.65 Å². The van der Waals surface area contributed by atoms with Gasteiger partial charge in [0.1, 0.15) is 24.1 Å². The highest BCUT2D eigenvalue weighted by Gasteiger charge is 2.25. The predicted molar refractivity (Wildman–Crippen MR) is 131 cm³/mol. The van der Waals surface area contributed by atoms with Gasteiger partial charge in [-0.25, -0.2) is 9.78 Å². The van der Waals surface area contributed by atoms with E-state index in [-0.39, 0.29) is 24.9 Å². The van der Waals surface area contributed by atoms with Crippen LogP contribution < -0.4 is 10.6 Å². The van der Waals surface area contributed by atoms with E-state index in [0.717, 1.165) is 42.8 Å². The molecular weight excluding hydrogens is 448 g/mol. The molecule has 1 aliphatic rings. The van der Waals surface area contributed by atoms with Crippen LogP contribution in [0.2, 0.25) is 0 Å². The maximum atomic E-state index is 13.0. The number of rotatable bonds is 9. The highest BCUT2D eigenvalue weighted by molar-refractivity contribution is 5.97. The number of anilines is 1. The Hall–Kier alpha value is -3.88. The number of nitrogens with zero attached hydrogens (tertiary/aromatic N) is 2.